The Morgan fingerprint density at radius 1 is 1.32 bits per heavy atom. The van der Waals surface area contributed by atoms with Crippen LogP contribution in [0.3, 0.4) is 0 Å². The SMILES string of the molecule is CNc1cc(NCCOCC2CC2)nc(COC)n1. The molecule has 2 N–H and O–H groups in total. The summed E-state index contributed by atoms with van der Waals surface area (Å²) in [5.41, 5.74) is 0. The number of methoxy groups -OCH3 is 1. The van der Waals surface area contributed by atoms with Crippen molar-refractivity contribution in [2.45, 2.75) is 19.4 Å². The smallest absolute Gasteiger partial charge is 0.158 e. The van der Waals surface area contributed by atoms with Crippen LogP contribution in [0.4, 0.5) is 11.6 Å². The molecule has 6 heteroatoms. The fourth-order valence-corrected chi connectivity index (χ4v) is 1.70. The Morgan fingerprint density at radius 3 is 2.79 bits per heavy atom. The van der Waals surface area contributed by atoms with E-state index in [4.69, 9.17) is 9.47 Å². The predicted molar refractivity (Wildman–Crippen MR) is 74.3 cm³/mol. The molecule has 0 radical (unpaired) electrons. The van der Waals surface area contributed by atoms with Gasteiger partial charge in [0, 0.05) is 33.4 Å². The Bertz CT molecular complexity index is 396. The lowest BCUT2D eigenvalue weighted by Gasteiger charge is -2.09. The molecule has 0 aromatic carbocycles. The average Bonchev–Trinajstić information content (AvgIpc) is 3.22. The number of ether oxygens (including phenoxy) is 2. The molecule has 1 aliphatic rings. The van der Waals surface area contributed by atoms with Crippen molar-refractivity contribution in [3.63, 3.8) is 0 Å². The van der Waals surface area contributed by atoms with Gasteiger partial charge in [-0.05, 0) is 18.8 Å². The lowest BCUT2D eigenvalue weighted by Crippen LogP contribution is -2.13. The number of nitrogens with zero attached hydrogens (tertiary/aromatic N) is 2. The van der Waals surface area contributed by atoms with Gasteiger partial charge in [-0.2, -0.15) is 0 Å². The van der Waals surface area contributed by atoms with E-state index in [0.717, 1.165) is 30.7 Å². The number of hydrogen-bond donors (Lipinski definition) is 2. The maximum absolute atomic E-state index is 5.57. The van der Waals surface area contributed by atoms with Gasteiger partial charge in [-0.15, -0.1) is 0 Å². The summed E-state index contributed by atoms with van der Waals surface area (Å²) in [4.78, 5) is 8.67. The number of nitrogens with one attached hydrogen (secondary N) is 2. The highest BCUT2D eigenvalue weighted by molar-refractivity contribution is 5.47. The second kappa shape index (κ2) is 7.25. The molecule has 6 nitrogen and oxygen atoms in total. The van der Waals surface area contributed by atoms with Crippen LogP contribution in [0.15, 0.2) is 6.07 Å². The third-order valence-corrected chi connectivity index (χ3v) is 2.91. The Kier molecular flexibility index (Phi) is 5.35. The van der Waals surface area contributed by atoms with Crippen molar-refractivity contribution in [3.8, 4) is 0 Å². The van der Waals surface area contributed by atoms with Crippen LogP contribution in [-0.4, -0.2) is 43.9 Å². The molecule has 19 heavy (non-hydrogen) atoms. The van der Waals surface area contributed by atoms with Gasteiger partial charge in [0.05, 0.1) is 6.61 Å². The minimum Gasteiger partial charge on any atom is -0.379 e. The van der Waals surface area contributed by atoms with E-state index in [1.54, 1.807) is 7.11 Å². The van der Waals surface area contributed by atoms with Crippen molar-refractivity contribution in [1.82, 2.24) is 9.97 Å². The van der Waals surface area contributed by atoms with Crippen LogP contribution >= 0.6 is 0 Å². The Balaban J connectivity index is 1.78. The van der Waals surface area contributed by atoms with Gasteiger partial charge in [0.1, 0.15) is 18.2 Å². The van der Waals surface area contributed by atoms with Crippen LogP contribution in [-0.2, 0) is 16.1 Å². The summed E-state index contributed by atoms with van der Waals surface area (Å²) < 4.78 is 10.6. The first-order valence-electron chi connectivity index (χ1n) is 6.68. The Morgan fingerprint density at radius 2 is 2.11 bits per heavy atom. The topological polar surface area (TPSA) is 68.3 Å². The van der Waals surface area contributed by atoms with Crippen molar-refractivity contribution < 1.29 is 9.47 Å². The fourth-order valence-electron chi connectivity index (χ4n) is 1.70. The van der Waals surface area contributed by atoms with E-state index in [0.29, 0.717) is 19.0 Å². The van der Waals surface area contributed by atoms with Crippen molar-refractivity contribution in [1.29, 1.82) is 0 Å². The van der Waals surface area contributed by atoms with Crippen molar-refractivity contribution in [3.05, 3.63) is 11.9 Å². The van der Waals surface area contributed by atoms with Crippen LogP contribution in [0.5, 0.6) is 0 Å². The van der Waals surface area contributed by atoms with Gasteiger partial charge in [-0.25, -0.2) is 9.97 Å². The third-order valence-electron chi connectivity index (χ3n) is 2.91. The summed E-state index contributed by atoms with van der Waals surface area (Å²) >= 11 is 0. The molecule has 0 unspecified atom stereocenters. The van der Waals surface area contributed by atoms with Crippen LogP contribution in [0.2, 0.25) is 0 Å². The molecule has 0 bridgehead atoms. The van der Waals surface area contributed by atoms with Gasteiger partial charge in [0.15, 0.2) is 5.82 Å². The maximum atomic E-state index is 5.57. The monoisotopic (exact) mass is 266 g/mol. The highest BCUT2D eigenvalue weighted by Gasteiger charge is 2.20. The zero-order valence-corrected chi connectivity index (χ0v) is 11.6. The van der Waals surface area contributed by atoms with Crippen LogP contribution in [0.1, 0.15) is 18.7 Å². The van der Waals surface area contributed by atoms with Gasteiger partial charge in [0.25, 0.3) is 0 Å². The quantitative estimate of drug-likeness (QED) is 0.660. The molecule has 1 saturated carbocycles. The predicted octanol–water partition coefficient (Wildman–Crippen LogP) is 1.50. The number of rotatable bonds is 9. The maximum Gasteiger partial charge on any atom is 0.158 e. The molecule has 2 rings (SSSR count). The first-order chi connectivity index (χ1) is 9.31. The van der Waals surface area contributed by atoms with E-state index < -0.39 is 0 Å². The van der Waals surface area contributed by atoms with Gasteiger partial charge >= 0.3 is 0 Å². The standard InChI is InChI=1S/C13H22N4O2/c1-14-11-7-12(17-13(16-11)9-18-2)15-5-6-19-8-10-3-4-10/h7,10H,3-6,8-9H2,1-2H3,(H2,14,15,16,17). The molecular weight excluding hydrogens is 244 g/mol. The zero-order valence-electron chi connectivity index (χ0n) is 11.6. The molecule has 0 spiro atoms. The lowest BCUT2D eigenvalue weighted by molar-refractivity contribution is 0.134. The average molecular weight is 266 g/mol. The van der Waals surface area contributed by atoms with Crippen molar-refractivity contribution >= 4 is 11.6 Å². The van der Waals surface area contributed by atoms with E-state index in [9.17, 15) is 0 Å². The number of aromatic nitrogens is 2. The summed E-state index contributed by atoms with van der Waals surface area (Å²) in [6, 6.07) is 1.88. The molecule has 1 aliphatic carbocycles. The lowest BCUT2D eigenvalue weighted by atomic mass is 10.4. The number of hydrogen-bond acceptors (Lipinski definition) is 6. The highest BCUT2D eigenvalue weighted by Crippen LogP contribution is 2.28. The number of anilines is 2. The van der Waals surface area contributed by atoms with Crippen LogP contribution < -0.4 is 10.6 Å². The molecule has 106 valence electrons. The molecule has 0 aliphatic heterocycles. The minimum atomic E-state index is 0.405. The van der Waals surface area contributed by atoms with Gasteiger partial charge < -0.3 is 20.1 Å². The zero-order chi connectivity index (χ0) is 13.5. The summed E-state index contributed by atoms with van der Waals surface area (Å²) in [7, 11) is 3.47. The molecule has 1 aromatic rings. The first-order valence-corrected chi connectivity index (χ1v) is 6.68. The Hall–Kier alpha value is -1.40. The van der Waals surface area contributed by atoms with E-state index in [1.165, 1.54) is 12.8 Å². The molecule has 0 amide bonds. The third kappa shape index (κ3) is 5.00. The van der Waals surface area contributed by atoms with E-state index in [-0.39, 0.29) is 0 Å². The van der Waals surface area contributed by atoms with Gasteiger partial charge in [-0.1, -0.05) is 0 Å². The van der Waals surface area contributed by atoms with Gasteiger partial charge in [-0.3, -0.25) is 0 Å². The normalized spacial score (nSPS) is 14.4. The second-order valence-corrected chi connectivity index (χ2v) is 4.68. The van der Waals surface area contributed by atoms with Crippen LogP contribution in [0, 0.1) is 5.92 Å². The van der Waals surface area contributed by atoms with Crippen molar-refractivity contribution in [2.75, 3.05) is 44.5 Å². The van der Waals surface area contributed by atoms with E-state index in [2.05, 4.69) is 20.6 Å². The van der Waals surface area contributed by atoms with Gasteiger partial charge in [0.2, 0.25) is 0 Å². The first kappa shape index (κ1) is 14.0. The molecular formula is C13H22N4O2. The minimum absolute atomic E-state index is 0.405. The Labute approximate surface area is 113 Å². The summed E-state index contributed by atoms with van der Waals surface area (Å²) in [6.45, 7) is 2.75. The van der Waals surface area contributed by atoms with E-state index in [1.807, 2.05) is 13.1 Å². The molecule has 0 saturated heterocycles. The van der Waals surface area contributed by atoms with Crippen molar-refractivity contribution in [2.24, 2.45) is 5.92 Å². The van der Waals surface area contributed by atoms with Crippen LogP contribution in [0.25, 0.3) is 0 Å². The summed E-state index contributed by atoms with van der Waals surface area (Å²) in [5, 5.41) is 6.25. The molecule has 1 aromatic heterocycles. The summed E-state index contributed by atoms with van der Waals surface area (Å²) in [5.74, 6) is 3.05. The van der Waals surface area contributed by atoms with E-state index >= 15 is 0 Å². The molecule has 1 fully saturated rings. The fraction of sp³-hybridized carbons (Fsp3) is 0.692. The largest absolute Gasteiger partial charge is 0.379 e. The molecule has 0 atom stereocenters. The second-order valence-electron chi connectivity index (χ2n) is 4.68. The molecule has 1 heterocycles. The summed E-state index contributed by atoms with van der Waals surface area (Å²) in [6.07, 6.45) is 2.65. The highest BCUT2D eigenvalue weighted by atomic mass is 16.5.